The fraction of sp³-hybridized carbons (Fsp3) is 1.00. The maximum atomic E-state index is 4.70. The molecular formula is C3H8OSi. The Labute approximate surface area is 35.2 Å². The average molecular weight is 88.2 g/mol. The molecule has 2 heteroatoms. The van der Waals surface area contributed by atoms with Crippen molar-refractivity contribution in [3.63, 3.8) is 0 Å². The summed E-state index contributed by atoms with van der Waals surface area (Å²) in [5.74, 6) is 0. The van der Waals surface area contributed by atoms with Crippen LogP contribution in [0.5, 0.6) is 0 Å². The zero-order valence-corrected chi connectivity index (χ0v) is 4.62. The summed E-state index contributed by atoms with van der Waals surface area (Å²) in [4.78, 5) is 0. The summed E-state index contributed by atoms with van der Waals surface area (Å²) >= 11 is 0. The van der Waals surface area contributed by atoms with E-state index in [1.165, 1.54) is 0 Å². The van der Waals surface area contributed by atoms with Gasteiger partial charge in [0.15, 0.2) is 0 Å². The van der Waals surface area contributed by atoms with Gasteiger partial charge in [-0.1, -0.05) is 6.55 Å². The van der Waals surface area contributed by atoms with Crippen LogP contribution in [0.4, 0.5) is 0 Å². The van der Waals surface area contributed by atoms with Crippen molar-refractivity contribution in [1.82, 2.24) is 0 Å². The zero-order chi connectivity index (χ0) is 4.12. The Hall–Kier alpha value is 0.177. The highest BCUT2D eigenvalue weighted by Crippen LogP contribution is 1.57. The first kappa shape index (κ1) is 5.18. The van der Waals surface area contributed by atoms with Crippen LogP contribution in [0.25, 0.3) is 0 Å². The molecule has 0 aromatic carbocycles. The third-order valence-corrected chi connectivity index (χ3v) is 0.866. The molecule has 0 aromatic heterocycles. The molecule has 0 amide bonds. The van der Waals surface area contributed by atoms with E-state index in [9.17, 15) is 0 Å². The van der Waals surface area contributed by atoms with Gasteiger partial charge in [0.1, 0.15) is 0 Å². The molecule has 0 bridgehead atoms. The standard InChI is InChI=1S/C3H8OSi/c1-4-3-5-2/h3H2,1-2H3. The third kappa shape index (κ3) is 4.18. The number of methoxy groups -OCH3 is 1. The van der Waals surface area contributed by atoms with E-state index >= 15 is 0 Å². The van der Waals surface area contributed by atoms with E-state index in [-0.39, 0.29) is 0 Å². The molecule has 1 nitrogen and oxygen atoms in total. The molecule has 5 heavy (non-hydrogen) atoms. The van der Waals surface area contributed by atoms with E-state index in [0.717, 1.165) is 15.7 Å². The lowest BCUT2D eigenvalue weighted by atomic mass is 11.5. The molecule has 2 radical (unpaired) electrons. The monoisotopic (exact) mass is 88.0 g/mol. The molecule has 0 saturated carbocycles. The van der Waals surface area contributed by atoms with Crippen LogP contribution in [-0.2, 0) is 4.74 Å². The van der Waals surface area contributed by atoms with Crippen LogP contribution in [0.2, 0.25) is 6.55 Å². The van der Waals surface area contributed by atoms with Gasteiger partial charge < -0.3 is 4.74 Å². The molecule has 0 heterocycles. The van der Waals surface area contributed by atoms with Crippen molar-refractivity contribution in [3.8, 4) is 0 Å². The Bertz CT molecular complexity index is 14.4. The lowest BCUT2D eigenvalue weighted by molar-refractivity contribution is 0.252. The van der Waals surface area contributed by atoms with Gasteiger partial charge in [-0.2, -0.15) is 0 Å². The third-order valence-electron chi connectivity index (χ3n) is 0.289. The highest BCUT2D eigenvalue weighted by atomic mass is 28.2. The minimum Gasteiger partial charge on any atom is -0.389 e. The molecule has 0 aliphatic rings. The van der Waals surface area contributed by atoms with Gasteiger partial charge in [0, 0.05) is 13.3 Å². The molecule has 0 spiro atoms. The van der Waals surface area contributed by atoms with Gasteiger partial charge in [-0.3, -0.25) is 0 Å². The van der Waals surface area contributed by atoms with Crippen LogP contribution < -0.4 is 0 Å². The van der Waals surface area contributed by atoms with Crippen LogP contribution in [0.1, 0.15) is 0 Å². The topological polar surface area (TPSA) is 9.23 Å². The summed E-state index contributed by atoms with van der Waals surface area (Å²) in [7, 11) is 2.65. The Morgan fingerprint density at radius 3 is 2.40 bits per heavy atom. The Balaban J connectivity index is 2.19. The maximum absolute atomic E-state index is 4.70. The molecule has 0 aromatic rings. The van der Waals surface area contributed by atoms with Gasteiger partial charge in [-0.05, 0) is 0 Å². The van der Waals surface area contributed by atoms with Crippen LogP contribution in [-0.4, -0.2) is 22.9 Å². The van der Waals surface area contributed by atoms with E-state index in [2.05, 4.69) is 6.55 Å². The molecule has 0 saturated heterocycles. The molecule has 0 unspecified atom stereocenters. The van der Waals surface area contributed by atoms with Gasteiger partial charge in [0.2, 0.25) is 0 Å². The number of hydrogen-bond donors (Lipinski definition) is 0. The highest BCUT2D eigenvalue weighted by molar-refractivity contribution is 6.33. The normalized spacial score (nSPS) is 8.40. The zero-order valence-electron chi connectivity index (χ0n) is 3.62. The molecule has 0 aliphatic carbocycles. The second-order valence-electron chi connectivity index (χ2n) is 0.787. The van der Waals surface area contributed by atoms with E-state index in [4.69, 9.17) is 4.74 Å². The largest absolute Gasteiger partial charge is 0.389 e. The van der Waals surface area contributed by atoms with E-state index in [0.29, 0.717) is 0 Å². The van der Waals surface area contributed by atoms with Crippen LogP contribution in [0.15, 0.2) is 0 Å². The average Bonchev–Trinajstić information content (AvgIpc) is 1.41. The van der Waals surface area contributed by atoms with Crippen molar-refractivity contribution in [2.24, 2.45) is 0 Å². The van der Waals surface area contributed by atoms with Gasteiger partial charge in [0.05, 0.1) is 9.52 Å². The number of ether oxygens (including phenoxy) is 1. The summed E-state index contributed by atoms with van der Waals surface area (Å²) in [6.07, 6.45) is 0.917. The summed E-state index contributed by atoms with van der Waals surface area (Å²) in [6.45, 7) is 2.11. The first-order valence-corrected chi connectivity index (χ1v) is 3.26. The Kier molecular flexibility index (Phi) is 4.32. The van der Waals surface area contributed by atoms with Crippen molar-refractivity contribution in [2.45, 2.75) is 6.55 Å². The fourth-order valence-corrected chi connectivity index (χ4v) is 0.433. The smallest absolute Gasteiger partial charge is 0.0698 e. The fourth-order valence-electron chi connectivity index (χ4n) is 0.144. The van der Waals surface area contributed by atoms with Crippen molar-refractivity contribution >= 4 is 9.52 Å². The predicted octanol–water partition coefficient (Wildman–Crippen LogP) is 0.343. The lowest BCUT2D eigenvalue weighted by Crippen LogP contribution is -1.92. The molecular weight excluding hydrogens is 80.1 g/mol. The second kappa shape index (κ2) is 4.18. The number of hydrogen-bond acceptors (Lipinski definition) is 1. The number of rotatable bonds is 2. The maximum Gasteiger partial charge on any atom is 0.0698 e. The van der Waals surface area contributed by atoms with Crippen molar-refractivity contribution in [2.75, 3.05) is 13.3 Å². The van der Waals surface area contributed by atoms with Crippen LogP contribution >= 0.6 is 0 Å². The van der Waals surface area contributed by atoms with Crippen LogP contribution in [0, 0.1) is 0 Å². The lowest BCUT2D eigenvalue weighted by Gasteiger charge is -1.83. The summed E-state index contributed by atoms with van der Waals surface area (Å²) in [6, 6.07) is 0. The van der Waals surface area contributed by atoms with Gasteiger partial charge >= 0.3 is 0 Å². The summed E-state index contributed by atoms with van der Waals surface area (Å²) in [5.41, 5.74) is 0. The summed E-state index contributed by atoms with van der Waals surface area (Å²) < 4.78 is 4.70. The molecule has 30 valence electrons. The van der Waals surface area contributed by atoms with Crippen molar-refractivity contribution in [3.05, 3.63) is 0 Å². The highest BCUT2D eigenvalue weighted by Gasteiger charge is 1.68. The quantitative estimate of drug-likeness (QED) is 0.442. The van der Waals surface area contributed by atoms with Gasteiger partial charge in [0.25, 0.3) is 0 Å². The van der Waals surface area contributed by atoms with Crippen molar-refractivity contribution in [1.29, 1.82) is 0 Å². The molecule has 0 atom stereocenters. The Morgan fingerprint density at radius 2 is 2.40 bits per heavy atom. The minimum atomic E-state index is 0.917. The second-order valence-corrected chi connectivity index (χ2v) is 1.78. The van der Waals surface area contributed by atoms with Gasteiger partial charge in [-0.15, -0.1) is 0 Å². The van der Waals surface area contributed by atoms with E-state index < -0.39 is 0 Å². The molecule has 0 fully saturated rings. The molecule has 0 rings (SSSR count). The SMILES string of the molecule is COC[Si]C. The first-order chi connectivity index (χ1) is 2.41. The van der Waals surface area contributed by atoms with Gasteiger partial charge in [-0.25, -0.2) is 0 Å². The molecule has 0 aliphatic heterocycles. The van der Waals surface area contributed by atoms with E-state index in [1.807, 2.05) is 0 Å². The summed E-state index contributed by atoms with van der Waals surface area (Å²) in [5, 5.41) is 0. The van der Waals surface area contributed by atoms with Crippen LogP contribution in [0.3, 0.4) is 0 Å². The molecule has 0 N–H and O–H groups in total. The first-order valence-electron chi connectivity index (χ1n) is 1.55. The van der Waals surface area contributed by atoms with E-state index in [1.54, 1.807) is 7.11 Å². The predicted molar refractivity (Wildman–Crippen MR) is 23.5 cm³/mol. The van der Waals surface area contributed by atoms with Crippen molar-refractivity contribution < 1.29 is 4.74 Å². The minimum absolute atomic E-state index is 0.917. The Morgan fingerprint density at radius 1 is 1.80 bits per heavy atom.